The Labute approximate surface area is 139 Å². The highest BCUT2D eigenvalue weighted by Crippen LogP contribution is 2.33. The van der Waals surface area contributed by atoms with E-state index < -0.39 is 0 Å². The van der Waals surface area contributed by atoms with Crippen molar-refractivity contribution in [3.05, 3.63) is 0 Å². The first-order chi connectivity index (χ1) is 9.25. The Morgan fingerprint density at radius 3 is 2.57 bits per heavy atom. The van der Waals surface area contributed by atoms with Gasteiger partial charge in [0.05, 0.1) is 5.41 Å². The predicted molar refractivity (Wildman–Crippen MR) is 87.2 cm³/mol. The Balaban J connectivity index is 0.00000110. The number of ether oxygens (including phenoxy) is 1. The van der Waals surface area contributed by atoms with E-state index in [1.165, 1.54) is 19.4 Å². The van der Waals surface area contributed by atoms with Crippen LogP contribution in [0.3, 0.4) is 0 Å². The summed E-state index contributed by atoms with van der Waals surface area (Å²) >= 11 is 0. The molecule has 7 heteroatoms. The van der Waals surface area contributed by atoms with Gasteiger partial charge in [-0.15, -0.1) is 24.8 Å². The molecule has 0 spiro atoms. The second-order valence-electron chi connectivity index (χ2n) is 6.18. The molecule has 2 N–H and O–H groups in total. The third-order valence-corrected chi connectivity index (χ3v) is 5.17. The van der Waals surface area contributed by atoms with Crippen LogP contribution in [-0.4, -0.2) is 67.7 Å². The average molecular weight is 340 g/mol. The highest BCUT2D eigenvalue weighted by atomic mass is 35.5. The summed E-state index contributed by atoms with van der Waals surface area (Å²) in [4.78, 5) is 17.5. The van der Waals surface area contributed by atoms with Gasteiger partial charge in [0.25, 0.3) is 0 Å². The van der Waals surface area contributed by atoms with Crippen LogP contribution in [0.5, 0.6) is 0 Å². The van der Waals surface area contributed by atoms with Gasteiger partial charge in [0.1, 0.15) is 0 Å². The lowest BCUT2D eigenvalue weighted by molar-refractivity contribution is -0.149. The van der Waals surface area contributed by atoms with Crippen molar-refractivity contribution < 1.29 is 9.53 Å². The fourth-order valence-electron chi connectivity index (χ4n) is 3.78. The molecule has 3 saturated heterocycles. The minimum Gasteiger partial charge on any atom is -0.381 e. The van der Waals surface area contributed by atoms with Crippen molar-refractivity contribution in [3.63, 3.8) is 0 Å². The van der Waals surface area contributed by atoms with Crippen LogP contribution in [0.2, 0.25) is 0 Å². The quantitative estimate of drug-likeness (QED) is 0.811. The van der Waals surface area contributed by atoms with Crippen LogP contribution in [0.25, 0.3) is 0 Å². The Bertz CT molecular complexity index is 351. The van der Waals surface area contributed by atoms with Crippen LogP contribution < -0.4 is 5.73 Å². The molecular weight excluding hydrogens is 313 g/mol. The zero-order chi connectivity index (χ0) is 13.3. The SMILES string of the molecule is Cl.Cl.NCC1(C(=O)N2CCN3CCCC3C2)CCOCC1. The summed E-state index contributed by atoms with van der Waals surface area (Å²) in [5, 5.41) is 0. The van der Waals surface area contributed by atoms with Crippen molar-refractivity contribution >= 4 is 30.7 Å². The number of hydrogen-bond acceptors (Lipinski definition) is 4. The highest BCUT2D eigenvalue weighted by Gasteiger charge is 2.43. The van der Waals surface area contributed by atoms with E-state index in [1.54, 1.807) is 0 Å². The van der Waals surface area contributed by atoms with Crippen molar-refractivity contribution in [1.29, 1.82) is 0 Å². The molecule has 21 heavy (non-hydrogen) atoms. The minimum atomic E-state index is -0.348. The number of carbonyl (C=O) groups excluding carboxylic acids is 1. The zero-order valence-electron chi connectivity index (χ0n) is 12.5. The van der Waals surface area contributed by atoms with E-state index in [1.807, 2.05) is 0 Å². The topological polar surface area (TPSA) is 58.8 Å². The first-order valence-corrected chi connectivity index (χ1v) is 7.56. The first-order valence-electron chi connectivity index (χ1n) is 7.56. The molecule has 124 valence electrons. The van der Waals surface area contributed by atoms with E-state index in [0.717, 1.165) is 32.5 Å². The van der Waals surface area contributed by atoms with Gasteiger partial charge in [0.15, 0.2) is 0 Å². The summed E-state index contributed by atoms with van der Waals surface area (Å²) in [6.07, 6.45) is 4.09. The lowest BCUT2D eigenvalue weighted by Crippen LogP contribution is -2.58. The van der Waals surface area contributed by atoms with Crippen LogP contribution >= 0.6 is 24.8 Å². The van der Waals surface area contributed by atoms with E-state index in [4.69, 9.17) is 10.5 Å². The second-order valence-corrected chi connectivity index (χ2v) is 6.18. The molecule has 0 aromatic carbocycles. The molecule has 5 nitrogen and oxygen atoms in total. The van der Waals surface area contributed by atoms with Crippen LogP contribution in [0.15, 0.2) is 0 Å². The Hall–Kier alpha value is -0.0700. The number of fused-ring (bicyclic) bond motifs is 1. The van der Waals surface area contributed by atoms with Crippen LogP contribution in [-0.2, 0) is 9.53 Å². The van der Waals surface area contributed by atoms with E-state index in [0.29, 0.717) is 25.8 Å². The summed E-state index contributed by atoms with van der Waals surface area (Å²) < 4.78 is 5.40. The van der Waals surface area contributed by atoms with Gasteiger partial charge in [-0.05, 0) is 32.2 Å². The smallest absolute Gasteiger partial charge is 0.230 e. The number of nitrogens with two attached hydrogens (primary N) is 1. The summed E-state index contributed by atoms with van der Waals surface area (Å²) in [5.41, 5.74) is 5.59. The summed E-state index contributed by atoms with van der Waals surface area (Å²) in [5.74, 6) is 0.282. The van der Waals surface area contributed by atoms with Crippen molar-refractivity contribution in [2.45, 2.75) is 31.7 Å². The van der Waals surface area contributed by atoms with Gasteiger partial charge >= 0.3 is 0 Å². The van der Waals surface area contributed by atoms with Crippen molar-refractivity contribution in [1.82, 2.24) is 9.80 Å². The zero-order valence-corrected chi connectivity index (χ0v) is 14.1. The monoisotopic (exact) mass is 339 g/mol. The van der Waals surface area contributed by atoms with E-state index >= 15 is 0 Å². The van der Waals surface area contributed by atoms with Gasteiger partial charge in [-0.2, -0.15) is 0 Å². The van der Waals surface area contributed by atoms with E-state index in [-0.39, 0.29) is 36.1 Å². The van der Waals surface area contributed by atoms with Crippen LogP contribution in [0.4, 0.5) is 0 Å². The molecule has 0 saturated carbocycles. The number of rotatable bonds is 2. The van der Waals surface area contributed by atoms with Crippen LogP contribution in [0, 0.1) is 5.41 Å². The molecule has 0 radical (unpaired) electrons. The maximum atomic E-state index is 12.9. The number of piperazine rings is 1. The Morgan fingerprint density at radius 1 is 1.19 bits per heavy atom. The van der Waals surface area contributed by atoms with Crippen LogP contribution in [0.1, 0.15) is 25.7 Å². The molecule has 0 aromatic heterocycles. The molecule has 1 atom stereocenters. The van der Waals surface area contributed by atoms with Crippen molar-refractivity contribution in [3.8, 4) is 0 Å². The normalized spacial score (nSPS) is 28.2. The molecular formula is C14H27Cl2N3O2. The largest absolute Gasteiger partial charge is 0.381 e. The van der Waals surface area contributed by atoms with Gasteiger partial charge in [-0.25, -0.2) is 0 Å². The molecule has 3 aliphatic rings. The number of hydrogen-bond donors (Lipinski definition) is 1. The molecule has 0 aromatic rings. The van der Waals surface area contributed by atoms with Crippen molar-refractivity contribution in [2.24, 2.45) is 11.1 Å². The molecule has 3 fully saturated rings. The predicted octanol–water partition coefficient (Wildman–Crippen LogP) is 0.892. The molecule has 0 aliphatic carbocycles. The molecule has 3 aliphatic heterocycles. The lowest BCUT2D eigenvalue weighted by Gasteiger charge is -2.43. The lowest BCUT2D eigenvalue weighted by atomic mass is 9.78. The first kappa shape index (κ1) is 19.0. The van der Waals surface area contributed by atoms with E-state index in [9.17, 15) is 4.79 Å². The average Bonchev–Trinajstić information content (AvgIpc) is 2.94. The summed E-state index contributed by atoms with van der Waals surface area (Å²) in [7, 11) is 0. The number of carbonyl (C=O) groups is 1. The van der Waals surface area contributed by atoms with Gasteiger partial charge in [0.2, 0.25) is 5.91 Å². The van der Waals surface area contributed by atoms with Gasteiger partial charge in [-0.3, -0.25) is 9.69 Å². The van der Waals surface area contributed by atoms with Gasteiger partial charge < -0.3 is 15.4 Å². The third kappa shape index (κ3) is 3.64. The summed E-state index contributed by atoms with van der Waals surface area (Å²) in [6.45, 7) is 5.83. The maximum absolute atomic E-state index is 12.9. The number of amides is 1. The van der Waals surface area contributed by atoms with Gasteiger partial charge in [0, 0.05) is 45.4 Å². The molecule has 1 unspecified atom stereocenters. The Kier molecular flexibility index (Phi) is 7.20. The molecule has 3 heterocycles. The number of halogens is 2. The van der Waals surface area contributed by atoms with Gasteiger partial charge in [-0.1, -0.05) is 0 Å². The molecule has 0 bridgehead atoms. The second kappa shape index (κ2) is 7.97. The van der Waals surface area contributed by atoms with Crippen molar-refractivity contribution in [2.75, 3.05) is 45.9 Å². The van der Waals surface area contributed by atoms with E-state index in [2.05, 4.69) is 9.80 Å². The number of nitrogens with zero attached hydrogens (tertiary/aromatic N) is 2. The highest BCUT2D eigenvalue weighted by molar-refractivity contribution is 5.85. The minimum absolute atomic E-state index is 0. The summed E-state index contributed by atoms with van der Waals surface area (Å²) in [6, 6.07) is 0.590. The fourth-order valence-corrected chi connectivity index (χ4v) is 3.78. The molecule has 1 amide bonds. The standard InChI is InChI=1S/C14H25N3O2.2ClH/c15-11-14(3-8-19-9-4-14)13(18)17-7-6-16-5-1-2-12(16)10-17;;/h12H,1-11,15H2;2*1H. The Morgan fingerprint density at radius 2 is 1.90 bits per heavy atom. The fraction of sp³-hybridized carbons (Fsp3) is 0.929. The molecule has 3 rings (SSSR count). The maximum Gasteiger partial charge on any atom is 0.230 e. The third-order valence-electron chi connectivity index (χ3n) is 5.17.